The maximum atomic E-state index is 10.7. The van der Waals surface area contributed by atoms with E-state index in [1.54, 1.807) is 12.1 Å². The Labute approximate surface area is 105 Å². The lowest BCUT2D eigenvalue weighted by Gasteiger charge is -2.07. The second kappa shape index (κ2) is 4.87. The molecule has 0 saturated heterocycles. The van der Waals surface area contributed by atoms with Gasteiger partial charge in [-0.15, -0.1) is 0 Å². The molecule has 2 aromatic rings. The third-order valence-corrected chi connectivity index (χ3v) is 2.80. The Morgan fingerprint density at radius 1 is 1.28 bits per heavy atom. The van der Waals surface area contributed by atoms with Crippen molar-refractivity contribution in [3.8, 4) is 11.3 Å². The van der Waals surface area contributed by atoms with E-state index in [1.807, 2.05) is 32.2 Å². The van der Waals surface area contributed by atoms with Crippen LogP contribution in [-0.2, 0) is 0 Å². The summed E-state index contributed by atoms with van der Waals surface area (Å²) in [7, 11) is 1.88. The van der Waals surface area contributed by atoms with E-state index in [9.17, 15) is 4.79 Å². The zero-order valence-electron chi connectivity index (χ0n) is 10.3. The number of carboxylic acids is 1. The molecule has 4 heteroatoms. The number of aromatic nitrogens is 1. The molecule has 1 heterocycles. The van der Waals surface area contributed by atoms with Gasteiger partial charge in [-0.2, -0.15) is 0 Å². The minimum atomic E-state index is -0.962. The lowest BCUT2D eigenvalue weighted by Crippen LogP contribution is -1.97. The van der Waals surface area contributed by atoms with E-state index in [1.165, 1.54) is 6.20 Å². The van der Waals surface area contributed by atoms with E-state index in [0.717, 1.165) is 22.5 Å². The first-order valence-electron chi connectivity index (χ1n) is 5.60. The third kappa shape index (κ3) is 2.32. The number of anilines is 1. The Morgan fingerprint density at radius 2 is 2.06 bits per heavy atom. The summed E-state index contributed by atoms with van der Waals surface area (Å²) < 4.78 is 0. The van der Waals surface area contributed by atoms with Gasteiger partial charge in [-0.25, -0.2) is 4.79 Å². The predicted molar refractivity (Wildman–Crippen MR) is 70.9 cm³/mol. The Bertz CT molecular complexity index is 577. The second-order valence-electron chi connectivity index (χ2n) is 4.02. The monoisotopic (exact) mass is 242 g/mol. The summed E-state index contributed by atoms with van der Waals surface area (Å²) >= 11 is 0. The summed E-state index contributed by atoms with van der Waals surface area (Å²) in [4.78, 5) is 14.9. The molecule has 0 amide bonds. The zero-order chi connectivity index (χ0) is 13.1. The van der Waals surface area contributed by atoms with E-state index < -0.39 is 5.97 Å². The van der Waals surface area contributed by atoms with Gasteiger partial charge in [0.25, 0.3) is 0 Å². The summed E-state index contributed by atoms with van der Waals surface area (Å²) in [5.41, 5.74) is 4.14. The minimum Gasteiger partial charge on any atom is -0.478 e. The average molecular weight is 242 g/mol. The summed E-state index contributed by atoms with van der Waals surface area (Å²) in [6, 6.07) is 9.25. The number of aromatic carboxylic acids is 1. The number of hydrogen-bond acceptors (Lipinski definition) is 3. The number of carboxylic acid groups (broad SMARTS) is 1. The van der Waals surface area contributed by atoms with Gasteiger partial charge in [-0.3, -0.25) is 4.98 Å². The van der Waals surface area contributed by atoms with Crippen LogP contribution in [0.2, 0.25) is 0 Å². The van der Waals surface area contributed by atoms with Crippen LogP contribution in [0.3, 0.4) is 0 Å². The minimum absolute atomic E-state index is 0.197. The largest absolute Gasteiger partial charge is 0.478 e. The molecule has 92 valence electrons. The van der Waals surface area contributed by atoms with Gasteiger partial charge >= 0.3 is 5.97 Å². The molecular weight excluding hydrogens is 228 g/mol. The molecule has 0 unspecified atom stereocenters. The zero-order valence-corrected chi connectivity index (χ0v) is 10.3. The lowest BCUT2D eigenvalue weighted by molar-refractivity contribution is 0.0696. The summed E-state index contributed by atoms with van der Waals surface area (Å²) in [5.74, 6) is -0.962. The van der Waals surface area contributed by atoms with Crippen molar-refractivity contribution in [2.45, 2.75) is 6.92 Å². The molecule has 0 fully saturated rings. The molecule has 0 atom stereocenters. The van der Waals surface area contributed by atoms with Gasteiger partial charge in [0.2, 0.25) is 0 Å². The van der Waals surface area contributed by atoms with Crippen molar-refractivity contribution in [3.05, 3.63) is 47.7 Å². The molecule has 0 spiro atoms. The fourth-order valence-electron chi connectivity index (χ4n) is 1.79. The molecule has 0 bridgehead atoms. The van der Waals surface area contributed by atoms with Gasteiger partial charge in [-0.05, 0) is 36.8 Å². The van der Waals surface area contributed by atoms with Crippen LogP contribution in [0.25, 0.3) is 11.3 Å². The molecule has 4 nitrogen and oxygen atoms in total. The number of benzene rings is 1. The standard InChI is InChI=1S/C14H14N2O2/c1-9-7-10(3-5-12(9)15-2)13-6-4-11(8-16-13)14(17)18/h3-8,15H,1-2H3,(H,17,18). The van der Waals surface area contributed by atoms with E-state index in [4.69, 9.17) is 5.11 Å². The van der Waals surface area contributed by atoms with Crippen LogP contribution in [0.15, 0.2) is 36.5 Å². The Balaban J connectivity index is 2.36. The summed E-state index contributed by atoms with van der Waals surface area (Å²) in [6.07, 6.45) is 1.37. The molecular formula is C14H14N2O2. The Morgan fingerprint density at radius 3 is 2.56 bits per heavy atom. The maximum absolute atomic E-state index is 10.7. The maximum Gasteiger partial charge on any atom is 0.337 e. The Kier molecular flexibility index (Phi) is 3.28. The molecule has 0 aliphatic rings. The normalized spacial score (nSPS) is 10.1. The van der Waals surface area contributed by atoms with Gasteiger partial charge in [0, 0.05) is 24.5 Å². The number of pyridine rings is 1. The number of carbonyl (C=O) groups is 1. The fourth-order valence-corrected chi connectivity index (χ4v) is 1.79. The first kappa shape index (κ1) is 12.1. The van der Waals surface area contributed by atoms with Crippen LogP contribution < -0.4 is 5.32 Å². The Hall–Kier alpha value is -2.36. The van der Waals surface area contributed by atoms with E-state index >= 15 is 0 Å². The smallest absolute Gasteiger partial charge is 0.337 e. The number of rotatable bonds is 3. The first-order valence-corrected chi connectivity index (χ1v) is 5.60. The fraction of sp³-hybridized carbons (Fsp3) is 0.143. The van der Waals surface area contributed by atoms with E-state index in [-0.39, 0.29) is 5.56 Å². The molecule has 0 aliphatic heterocycles. The highest BCUT2D eigenvalue weighted by molar-refractivity contribution is 5.87. The van der Waals surface area contributed by atoms with Crippen molar-refractivity contribution in [1.29, 1.82) is 0 Å². The summed E-state index contributed by atoms with van der Waals surface area (Å²) in [6.45, 7) is 2.01. The van der Waals surface area contributed by atoms with E-state index in [2.05, 4.69) is 10.3 Å². The highest BCUT2D eigenvalue weighted by atomic mass is 16.4. The van der Waals surface area contributed by atoms with Crippen molar-refractivity contribution in [3.63, 3.8) is 0 Å². The number of nitrogens with zero attached hydrogens (tertiary/aromatic N) is 1. The van der Waals surface area contributed by atoms with Crippen molar-refractivity contribution >= 4 is 11.7 Å². The molecule has 2 rings (SSSR count). The second-order valence-corrected chi connectivity index (χ2v) is 4.02. The van der Waals surface area contributed by atoms with Gasteiger partial charge in [0.05, 0.1) is 11.3 Å². The van der Waals surface area contributed by atoms with Gasteiger partial charge in [0.15, 0.2) is 0 Å². The highest BCUT2D eigenvalue weighted by Gasteiger charge is 2.05. The van der Waals surface area contributed by atoms with Crippen molar-refractivity contribution in [2.75, 3.05) is 12.4 Å². The van der Waals surface area contributed by atoms with Gasteiger partial charge in [0.1, 0.15) is 0 Å². The number of aryl methyl sites for hydroxylation is 1. The number of nitrogens with one attached hydrogen (secondary N) is 1. The van der Waals surface area contributed by atoms with Crippen LogP contribution in [-0.4, -0.2) is 23.1 Å². The molecule has 1 aromatic carbocycles. The molecule has 0 radical (unpaired) electrons. The van der Waals surface area contributed by atoms with Crippen LogP contribution in [0.5, 0.6) is 0 Å². The van der Waals surface area contributed by atoms with Crippen LogP contribution in [0.1, 0.15) is 15.9 Å². The molecule has 18 heavy (non-hydrogen) atoms. The quantitative estimate of drug-likeness (QED) is 0.868. The van der Waals surface area contributed by atoms with Crippen molar-refractivity contribution in [2.24, 2.45) is 0 Å². The van der Waals surface area contributed by atoms with Crippen molar-refractivity contribution < 1.29 is 9.90 Å². The highest BCUT2D eigenvalue weighted by Crippen LogP contribution is 2.23. The molecule has 2 N–H and O–H groups in total. The SMILES string of the molecule is CNc1ccc(-c2ccc(C(=O)O)cn2)cc1C. The van der Waals surface area contributed by atoms with Crippen LogP contribution in [0, 0.1) is 6.92 Å². The van der Waals surface area contributed by atoms with Crippen LogP contribution in [0.4, 0.5) is 5.69 Å². The van der Waals surface area contributed by atoms with Gasteiger partial charge < -0.3 is 10.4 Å². The van der Waals surface area contributed by atoms with E-state index in [0.29, 0.717) is 0 Å². The third-order valence-electron chi connectivity index (χ3n) is 2.80. The molecule has 0 saturated carbocycles. The molecule has 0 aliphatic carbocycles. The average Bonchev–Trinajstić information content (AvgIpc) is 2.38. The number of hydrogen-bond donors (Lipinski definition) is 2. The predicted octanol–water partition coefficient (Wildman–Crippen LogP) is 2.80. The van der Waals surface area contributed by atoms with Gasteiger partial charge in [-0.1, -0.05) is 6.07 Å². The van der Waals surface area contributed by atoms with Crippen molar-refractivity contribution in [1.82, 2.24) is 4.98 Å². The summed E-state index contributed by atoms with van der Waals surface area (Å²) in [5, 5.41) is 11.9. The topological polar surface area (TPSA) is 62.2 Å². The lowest BCUT2D eigenvalue weighted by atomic mass is 10.1. The first-order chi connectivity index (χ1) is 8.61. The van der Waals surface area contributed by atoms with Crippen LogP contribution >= 0.6 is 0 Å². The molecule has 1 aromatic heterocycles.